The molecule has 28 heavy (non-hydrogen) atoms. The third-order valence-electron chi connectivity index (χ3n) is 6.83. The van der Waals surface area contributed by atoms with Crippen LogP contribution in [0.3, 0.4) is 0 Å². The summed E-state index contributed by atoms with van der Waals surface area (Å²) in [7, 11) is -3.46. The molecule has 0 bridgehead atoms. The second-order valence-electron chi connectivity index (χ2n) is 9.02. The van der Waals surface area contributed by atoms with Crippen molar-refractivity contribution >= 4 is 15.9 Å². The quantitative estimate of drug-likeness (QED) is 0.813. The van der Waals surface area contributed by atoms with Crippen LogP contribution in [0.2, 0.25) is 0 Å². The van der Waals surface area contributed by atoms with Crippen molar-refractivity contribution in [2.24, 2.45) is 17.8 Å². The summed E-state index contributed by atoms with van der Waals surface area (Å²) in [6.07, 6.45) is 2.55. The molecule has 0 unspecified atom stereocenters. The zero-order chi connectivity index (χ0) is 19.9. The van der Waals surface area contributed by atoms with Crippen LogP contribution in [0.15, 0.2) is 35.2 Å². The zero-order valence-electron chi connectivity index (χ0n) is 16.8. The number of hydrogen-bond acceptors (Lipinski definition) is 4. The lowest BCUT2D eigenvalue weighted by atomic mass is 9.76. The van der Waals surface area contributed by atoms with Gasteiger partial charge in [-0.1, -0.05) is 32.0 Å². The van der Waals surface area contributed by atoms with Crippen molar-refractivity contribution in [3.05, 3.63) is 30.3 Å². The standard InChI is InChI=1S/C21H31N3O3S/c1-16(2)8-11-23-14-18-19(15-23)21(22-20(18)25)9-12-24(13-10-21)28(26,27)17-6-4-3-5-7-17/h3-7,16,18-19H,8-15H2,1-2H3,(H,22,25)/t18-,19+/m1/s1. The number of sulfonamides is 1. The second kappa shape index (κ2) is 7.43. The fourth-order valence-electron chi connectivity index (χ4n) is 5.13. The van der Waals surface area contributed by atoms with Gasteiger partial charge in [0, 0.05) is 37.6 Å². The van der Waals surface area contributed by atoms with Crippen LogP contribution in [0.4, 0.5) is 0 Å². The van der Waals surface area contributed by atoms with Gasteiger partial charge >= 0.3 is 0 Å². The van der Waals surface area contributed by atoms with Gasteiger partial charge in [0.1, 0.15) is 0 Å². The number of likely N-dealkylation sites (tertiary alicyclic amines) is 1. The molecule has 4 rings (SSSR count). The first-order chi connectivity index (χ1) is 13.3. The van der Waals surface area contributed by atoms with Gasteiger partial charge < -0.3 is 10.2 Å². The number of carbonyl (C=O) groups is 1. The molecule has 1 spiro atoms. The summed E-state index contributed by atoms with van der Waals surface area (Å²) >= 11 is 0. The van der Waals surface area contributed by atoms with E-state index in [1.54, 1.807) is 28.6 Å². The Hall–Kier alpha value is -1.44. The SMILES string of the molecule is CC(C)CCN1C[C@H]2C(=O)NC3(CCN(S(=O)(=O)c4ccccc4)CC3)[C@H]2C1. The van der Waals surface area contributed by atoms with Gasteiger partial charge in [-0.05, 0) is 43.9 Å². The second-order valence-corrected chi connectivity index (χ2v) is 11.0. The van der Waals surface area contributed by atoms with Crippen LogP contribution in [0.1, 0.15) is 33.1 Å². The Kier molecular flexibility index (Phi) is 5.27. The summed E-state index contributed by atoms with van der Waals surface area (Å²) < 4.78 is 27.4. The van der Waals surface area contributed by atoms with Gasteiger partial charge in [-0.15, -0.1) is 0 Å². The van der Waals surface area contributed by atoms with E-state index >= 15 is 0 Å². The molecule has 2 atom stereocenters. The molecular weight excluding hydrogens is 374 g/mol. The smallest absolute Gasteiger partial charge is 0.243 e. The molecule has 0 saturated carbocycles. The van der Waals surface area contributed by atoms with Crippen molar-refractivity contribution in [3.8, 4) is 0 Å². The first kappa shape index (κ1) is 19.9. The minimum absolute atomic E-state index is 0.0597. The van der Waals surface area contributed by atoms with Crippen LogP contribution in [0.5, 0.6) is 0 Å². The molecular formula is C21H31N3O3S. The Morgan fingerprint density at radius 3 is 2.46 bits per heavy atom. The van der Waals surface area contributed by atoms with Gasteiger partial charge in [-0.2, -0.15) is 4.31 Å². The Bertz CT molecular complexity index is 817. The van der Waals surface area contributed by atoms with Gasteiger partial charge in [0.2, 0.25) is 15.9 Å². The van der Waals surface area contributed by atoms with Crippen LogP contribution in [0, 0.1) is 17.8 Å². The minimum Gasteiger partial charge on any atom is -0.350 e. The number of nitrogens with one attached hydrogen (secondary N) is 1. The summed E-state index contributed by atoms with van der Waals surface area (Å²) in [4.78, 5) is 15.4. The summed E-state index contributed by atoms with van der Waals surface area (Å²) in [6.45, 7) is 8.22. The van der Waals surface area contributed by atoms with Gasteiger partial charge in [0.05, 0.1) is 10.8 Å². The highest BCUT2D eigenvalue weighted by molar-refractivity contribution is 7.89. The Balaban J connectivity index is 1.44. The number of benzene rings is 1. The van der Waals surface area contributed by atoms with Crippen molar-refractivity contribution in [2.75, 3.05) is 32.7 Å². The molecule has 0 radical (unpaired) electrons. The lowest BCUT2D eigenvalue weighted by Crippen LogP contribution is -2.56. The molecule has 6 nitrogen and oxygen atoms in total. The lowest BCUT2D eigenvalue weighted by Gasteiger charge is -2.42. The maximum absolute atomic E-state index is 12.9. The molecule has 1 aromatic carbocycles. The van der Waals surface area contributed by atoms with Crippen molar-refractivity contribution in [3.63, 3.8) is 0 Å². The van der Waals surface area contributed by atoms with Gasteiger partial charge in [-0.3, -0.25) is 4.79 Å². The third-order valence-corrected chi connectivity index (χ3v) is 8.75. The van der Waals surface area contributed by atoms with Gasteiger partial charge in [0.25, 0.3) is 0 Å². The molecule has 1 aromatic rings. The molecule has 3 aliphatic rings. The Morgan fingerprint density at radius 2 is 1.82 bits per heavy atom. The Labute approximate surface area is 168 Å². The minimum atomic E-state index is -3.46. The number of carbonyl (C=O) groups excluding carboxylic acids is 1. The van der Waals surface area contributed by atoms with Crippen LogP contribution in [0.25, 0.3) is 0 Å². The molecule has 7 heteroatoms. The van der Waals surface area contributed by atoms with Crippen molar-refractivity contribution in [2.45, 2.75) is 43.5 Å². The van der Waals surface area contributed by atoms with Crippen LogP contribution < -0.4 is 5.32 Å². The zero-order valence-corrected chi connectivity index (χ0v) is 17.6. The van der Waals surface area contributed by atoms with E-state index in [2.05, 4.69) is 24.1 Å². The van der Waals surface area contributed by atoms with Crippen molar-refractivity contribution in [1.82, 2.24) is 14.5 Å². The molecule has 1 N–H and O–H groups in total. The van der Waals surface area contributed by atoms with E-state index in [0.29, 0.717) is 42.7 Å². The summed E-state index contributed by atoms with van der Waals surface area (Å²) in [5.41, 5.74) is -0.239. The molecule has 3 saturated heterocycles. The number of nitrogens with zero attached hydrogens (tertiary/aromatic N) is 2. The van der Waals surface area contributed by atoms with E-state index in [-0.39, 0.29) is 17.4 Å². The monoisotopic (exact) mass is 405 g/mol. The molecule has 154 valence electrons. The van der Waals surface area contributed by atoms with Crippen molar-refractivity contribution in [1.29, 1.82) is 0 Å². The molecule has 3 heterocycles. The molecule has 1 amide bonds. The van der Waals surface area contributed by atoms with Crippen LogP contribution >= 0.6 is 0 Å². The first-order valence-corrected chi connectivity index (χ1v) is 11.9. The van der Waals surface area contributed by atoms with E-state index in [0.717, 1.165) is 26.1 Å². The summed E-state index contributed by atoms with van der Waals surface area (Å²) in [5.74, 6) is 1.18. The normalized spacial score (nSPS) is 28.0. The lowest BCUT2D eigenvalue weighted by molar-refractivity contribution is -0.123. The van der Waals surface area contributed by atoms with Gasteiger partial charge in [-0.25, -0.2) is 8.42 Å². The van der Waals surface area contributed by atoms with Crippen LogP contribution in [-0.2, 0) is 14.8 Å². The highest BCUT2D eigenvalue weighted by Crippen LogP contribution is 2.44. The fourth-order valence-corrected chi connectivity index (χ4v) is 6.59. The predicted octanol–water partition coefficient (Wildman–Crippen LogP) is 1.93. The summed E-state index contributed by atoms with van der Waals surface area (Å²) in [6, 6.07) is 8.63. The van der Waals surface area contributed by atoms with Crippen LogP contribution in [-0.4, -0.2) is 61.8 Å². The van der Waals surface area contributed by atoms with E-state index in [1.165, 1.54) is 0 Å². The van der Waals surface area contributed by atoms with Gasteiger partial charge in [0.15, 0.2) is 0 Å². The Morgan fingerprint density at radius 1 is 1.14 bits per heavy atom. The molecule has 3 aliphatic heterocycles. The van der Waals surface area contributed by atoms with E-state index in [4.69, 9.17) is 0 Å². The maximum Gasteiger partial charge on any atom is 0.243 e. The largest absolute Gasteiger partial charge is 0.350 e. The fraction of sp³-hybridized carbons (Fsp3) is 0.667. The molecule has 3 fully saturated rings. The van der Waals surface area contributed by atoms with E-state index in [9.17, 15) is 13.2 Å². The number of piperidine rings is 1. The number of rotatable bonds is 5. The average molecular weight is 406 g/mol. The van der Waals surface area contributed by atoms with Crippen molar-refractivity contribution < 1.29 is 13.2 Å². The van der Waals surface area contributed by atoms with E-state index < -0.39 is 10.0 Å². The average Bonchev–Trinajstić information content (AvgIpc) is 3.21. The number of fused-ring (bicyclic) bond motifs is 2. The molecule has 0 aliphatic carbocycles. The third kappa shape index (κ3) is 3.48. The first-order valence-electron chi connectivity index (χ1n) is 10.4. The van der Waals surface area contributed by atoms with E-state index in [1.807, 2.05) is 6.07 Å². The number of hydrogen-bond donors (Lipinski definition) is 1. The number of amides is 1. The molecule has 0 aromatic heterocycles. The predicted molar refractivity (Wildman–Crippen MR) is 108 cm³/mol. The topological polar surface area (TPSA) is 69.7 Å². The highest BCUT2D eigenvalue weighted by Gasteiger charge is 2.57. The maximum atomic E-state index is 12.9. The summed E-state index contributed by atoms with van der Waals surface area (Å²) in [5, 5.41) is 3.28. The highest BCUT2D eigenvalue weighted by atomic mass is 32.2.